The number of rotatable bonds is 6. The third kappa shape index (κ3) is 6.40. The van der Waals surface area contributed by atoms with Crippen molar-refractivity contribution < 1.29 is 14.7 Å². The molecule has 1 saturated carbocycles. The Morgan fingerprint density at radius 1 is 1.00 bits per heavy atom. The highest BCUT2D eigenvalue weighted by Crippen LogP contribution is 2.24. The van der Waals surface area contributed by atoms with Crippen molar-refractivity contribution in [1.82, 2.24) is 10.6 Å². The number of halogens is 1. The van der Waals surface area contributed by atoms with Crippen molar-refractivity contribution in [3.05, 3.63) is 29.8 Å². The molecule has 0 bridgehead atoms. The van der Waals surface area contributed by atoms with Crippen LogP contribution in [-0.4, -0.2) is 42.7 Å². The number of amides is 1. The molecule has 1 aliphatic heterocycles. The van der Waals surface area contributed by atoms with Gasteiger partial charge in [0.1, 0.15) is 0 Å². The standard InChI is InChI=1S/C20H29N3O3.ClH/c24-19(23-18-7-3-16(4-8-18)20(25)26)15-1-5-17(6-2-15)22-13-14-9-11-21-12-10-14;/h1-2,5-6,14,16,18,21-22H,3-4,7-13H2,(H,23,24)(H,25,26);1H. The average Bonchev–Trinajstić information content (AvgIpc) is 2.68. The highest BCUT2D eigenvalue weighted by atomic mass is 35.5. The Hall–Kier alpha value is -1.79. The van der Waals surface area contributed by atoms with Gasteiger partial charge in [-0.1, -0.05) is 0 Å². The van der Waals surface area contributed by atoms with E-state index in [1.165, 1.54) is 12.8 Å². The van der Waals surface area contributed by atoms with E-state index in [1.54, 1.807) is 0 Å². The lowest BCUT2D eigenvalue weighted by Gasteiger charge is -2.26. The maximum atomic E-state index is 12.4. The first-order valence-electron chi connectivity index (χ1n) is 9.70. The van der Waals surface area contributed by atoms with Crippen molar-refractivity contribution in [3.63, 3.8) is 0 Å². The molecule has 0 unspecified atom stereocenters. The molecular formula is C20H30ClN3O3. The van der Waals surface area contributed by atoms with Crippen LogP contribution in [0.4, 0.5) is 5.69 Å². The highest BCUT2D eigenvalue weighted by molar-refractivity contribution is 5.94. The fourth-order valence-corrected chi connectivity index (χ4v) is 3.84. The van der Waals surface area contributed by atoms with Crippen LogP contribution >= 0.6 is 12.4 Å². The van der Waals surface area contributed by atoms with Crippen LogP contribution in [0.1, 0.15) is 48.9 Å². The number of hydrogen-bond donors (Lipinski definition) is 4. The highest BCUT2D eigenvalue weighted by Gasteiger charge is 2.26. The van der Waals surface area contributed by atoms with Gasteiger partial charge in [0.25, 0.3) is 5.91 Å². The molecule has 2 fully saturated rings. The minimum absolute atomic E-state index is 0. The predicted octanol–water partition coefficient (Wildman–Crippen LogP) is 2.89. The molecule has 150 valence electrons. The summed E-state index contributed by atoms with van der Waals surface area (Å²) in [5.74, 6) is -0.343. The molecule has 4 N–H and O–H groups in total. The molecule has 0 aromatic heterocycles. The summed E-state index contributed by atoms with van der Waals surface area (Å²) in [6.45, 7) is 3.17. The van der Waals surface area contributed by atoms with E-state index in [2.05, 4.69) is 16.0 Å². The average molecular weight is 396 g/mol. The van der Waals surface area contributed by atoms with Crippen molar-refractivity contribution in [3.8, 4) is 0 Å². The molecule has 0 spiro atoms. The van der Waals surface area contributed by atoms with E-state index in [0.717, 1.165) is 38.2 Å². The van der Waals surface area contributed by atoms with E-state index in [0.29, 0.717) is 24.3 Å². The lowest BCUT2D eigenvalue weighted by atomic mass is 9.86. The third-order valence-electron chi connectivity index (χ3n) is 5.61. The first-order chi connectivity index (χ1) is 12.6. The molecule has 1 saturated heterocycles. The number of carbonyl (C=O) groups is 2. The van der Waals surface area contributed by atoms with E-state index < -0.39 is 5.97 Å². The second-order valence-electron chi connectivity index (χ2n) is 7.51. The van der Waals surface area contributed by atoms with E-state index in [9.17, 15) is 9.59 Å². The van der Waals surface area contributed by atoms with E-state index in [4.69, 9.17) is 5.11 Å². The van der Waals surface area contributed by atoms with Gasteiger partial charge < -0.3 is 21.1 Å². The Morgan fingerprint density at radius 3 is 2.22 bits per heavy atom. The molecule has 7 heteroatoms. The van der Waals surface area contributed by atoms with Gasteiger partial charge in [0.05, 0.1) is 5.92 Å². The first-order valence-corrected chi connectivity index (χ1v) is 9.70. The van der Waals surface area contributed by atoms with Gasteiger partial charge in [-0.05, 0) is 81.8 Å². The maximum Gasteiger partial charge on any atom is 0.306 e. The monoisotopic (exact) mass is 395 g/mol. The summed E-state index contributed by atoms with van der Waals surface area (Å²) >= 11 is 0. The Kier molecular flexibility index (Phi) is 8.38. The van der Waals surface area contributed by atoms with Crippen LogP contribution in [0.3, 0.4) is 0 Å². The molecule has 3 rings (SSSR count). The summed E-state index contributed by atoms with van der Waals surface area (Å²) in [5.41, 5.74) is 1.69. The fraction of sp³-hybridized carbons (Fsp3) is 0.600. The summed E-state index contributed by atoms with van der Waals surface area (Å²) in [5, 5.41) is 18.9. The van der Waals surface area contributed by atoms with Crippen molar-refractivity contribution in [2.24, 2.45) is 11.8 Å². The number of carboxylic acids is 1. The second kappa shape index (κ2) is 10.5. The Balaban J connectivity index is 0.00000261. The summed E-state index contributed by atoms with van der Waals surface area (Å²) in [6.07, 6.45) is 5.16. The van der Waals surface area contributed by atoms with Crippen LogP contribution in [0.2, 0.25) is 0 Å². The van der Waals surface area contributed by atoms with Gasteiger partial charge in [-0.25, -0.2) is 0 Å². The van der Waals surface area contributed by atoms with E-state index in [1.807, 2.05) is 24.3 Å². The van der Waals surface area contributed by atoms with E-state index in [-0.39, 0.29) is 30.3 Å². The van der Waals surface area contributed by atoms with Crippen LogP contribution < -0.4 is 16.0 Å². The van der Waals surface area contributed by atoms with Gasteiger partial charge >= 0.3 is 5.97 Å². The SMILES string of the molecule is Cl.O=C(NC1CCC(C(=O)O)CC1)c1ccc(NCC2CCNCC2)cc1. The molecule has 1 aromatic carbocycles. The van der Waals surface area contributed by atoms with E-state index >= 15 is 0 Å². The normalized spacial score (nSPS) is 23.1. The minimum atomic E-state index is -0.720. The van der Waals surface area contributed by atoms with Crippen molar-refractivity contribution in [2.75, 3.05) is 25.0 Å². The summed E-state index contributed by atoms with van der Waals surface area (Å²) < 4.78 is 0. The quantitative estimate of drug-likeness (QED) is 0.594. The second-order valence-corrected chi connectivity index (χ2v) is 7.51. The Morgan fingerprint density at radius 2 is 1.63 bits per heavy atom. The van der Waals surface area contributed by atoms with Gasteiger partial charge in [-0.2, -0.15) is 0 Å². The molecule has 0 atom stereocenters. The molecule has 27 heavy (non-hydrogen) atoms. The number of hydrogen-bond acceptors (Lipinski definition) is 4. The molecule has 1 aromatic rings. The number of benzene rings is 1. The van der Waals surface area contributed by atoms with Gasteiger partial charge in [0.2, 0.25) is 0 Å². The maximum absolute atomic E-state index is 12.4. The topological polar surface area (TPSA) is 90.5 Å². The predicted molar refractivity (Wildman–Crippen MR) is 109 cm³/mol. The summed E-state index contributed by atoms with van der Waals surface area (Å²) in [6, 6.07) is 7.69. The first kappa shape index (κ1) is 21.5. The van der Waals surface area contributed by atoms with Gasteiger partial charge in [0.15, 0.2) is 0 Å². The van der Waals surface area contributed by atoms with Crippen molar-refractivity contribution in [2.45, 2.75) is 44.6 Å². The van der Waals surface area contributed by atoms with Crippen LogP contribution in [0, 0.1) is 11.8 Å². The zero-order chi connectivity index (χ0) is 18.4. The smallest absolute Gasteiger partial charge is 0.306 e. The lowest BCUT2D eigenvalue weighted by Crippen LogP contribution is -2.38. The lowest BCUT2D eigenvalue weighted by molar-refractivity contribution is -0.142. The van der Waals surface area contributed by atoms with Crippen molar-refractivity contribution in [1.29, 1.82) is 0 Å². The largest absolute Gasteiger partial charge is 0.481 e. The van der Waals surface area contributed by atoms with Crippen LogP contribution in [-0.2, 0) is 4.79 Å². The molecule has 0 radical (unpaired) electrons. The number of carbonyl (C=O) groups excluding carboxylic acids is 1. The zero-order valence-corrected chi connectivity index (χ0v) is 16.4. The number of nitrogens with one attached hydrogen (secondary N) is 3. The molecule has 6 nitrogen and oxygen atoms in total. The number of anilines is 1. The van der Waals surface area contributed by atoms with Crippen LogP contribution in [0.25, 0.3) is 0 Å². The number of piperidine rings is 1. The van der Waals surface area contributed by atoms with Gasteiger partial charge in [0, 0.05) is 23.8 Å². The summed E-state index contributed by atoms with van der Waals surface area (Å²) in [4.78, 5) is 23.4. The fourth-order valence-electron chi connectivity index (χ4n) is 3.84. The van der Waals surface area contributed by atoms with Crippen LogP contribution in [0.5, 0.6) is 0 Å². The Bertz CT molecular complexity index is 609. The third-order valence-corrected chi connectivity index (χ3v) is 5.61. The minimum Gasteiger partial charge on any atom is -0.481 e. The molecule has 1 amide bonds. The van der Waals surface area contributed by atoms with Crippen LogP contribution in [0.15, 0.2) is 24.3 Å². The summed E-state index contributed by atoms with van der Waals surface area (Å²) in [7, 11) is 0. The molecular weight excluding hydrogens is 366 g/mol. The Labute approximate surface area is 166 Å². The molecule has 1 heterocycles. The van der Waals surface area contributed by atoms with Crippen molar-refractivity contribution >= 4 is 30.0 Å². The number of carboxylic acid groups (broad SMARTS) is 1. The molecule has 1 aliphatic carbocycles. The molecule has 2 aliphatic rings. The zero-order valence-electron chi connectivity index (χ0n) is 15.6. The van der Waals surface area contributed by atoms with Gasteiger partial charge in [-0.3, -0.25) is 9.59 Å². The number of aliphatic carboxylic acids is 1. The van der Waals surface area contributed by atoms with Gasteiger partial charge in [-0.15, -0.1) is 12.4 Å².